The van der Waals surface area contributed by atoms with Crippen LogP contribution in [0.15, 0.2) is 64.8 Å². The molecule has 0 saturated carbocycles. The van der Waals surface area contributed by atoms with Gasteiger partial charge in [0.25, 0.3) is 5.56 Å². The number of fused-ring (bicyclic) bond motifs is 1. The van der Waals surface area contributed by atoms with Crippen LogP contribution in [0.2, 0.25) is 0 Å². The summed E-state index contributed by atoms with van der Waals surface area (Å²) in [6.07, 6.45) is -0.773. The van der Waals surface area contributed by atoms with Crippen molar-refractivity contribution in [2.45, 2.75) is 32.0 Å². The van der Waals surface area contributed by atoms with Crippen LogP contribution in [0.1, 0.15) is 24.8 Å². The number of benzene rings is 2. The van der Waals surface area contributed by atoms with Crippen LogP contribution in [0.25, 0.3) is 32.7 Å². The first-order valence-corrected chi connectivity index (χ1v) is 12.3. The monoisotopic (exact) mass is 483 g/mol. The fraction of sp³-hybridized carbons (Fsp3) is 0.308. The lowest BCUT2D eigenvalue weighted by atomic mass is 10.0. The van der Waals surface area contributed by atoms with Crippen LogP contribution >= 0.6 is 11.3 Å². The maximum atomic E-state index is 13.3. The van der Waals surface area contributed by atoms with Crippen molar-refractivity contribution < 1.29 is 13.2 Å². The Labute approximate surface area is 199 Å². The number of piperidine rings is 1. The average Bonchev–Trinajstić information content (AvgIpc) is 3.33. The molecule has 34 heavy (non-hydrogen) atoms. The standard InChI is InChI=1S/C26H24F3N3OS/c27-26(28,29)21-6-4-5-20(17-21)18-7-9-19(10-8-18)24-30-22-11-16-34-23(22)25(33)32(24)15-14-31-12-2-1-3-13-31/h4-11,16-17H,1-3,12-15H2. The van der Waals surface area contributed by atoms with Gasteiger partial charge in [-0.15, -0.1) is 11.3 Å². The van der Waals surface area contributed by atoms with E-state index >= 15 is 0 Å². The summed E-state index contributed by atoms with van der Waals surface area (Å²) in [4.78, 5) is 20.5. The minimum Gasteiger partial charge on any atom is -0.302 e. The van der Waals surface area contributed by atoms with Crippen molar-refractivity contribution in [1.82, 2.24) is 14.5 Å². The van der Waals surface area contributed by atoms with Gasteiger partial charge in [-0.25, -0.2) is 4.98 Å². The highest BCUT2D eigenvalue weighted by atomic mass is 32.1. The Balaban J connectivity index is 1.49. The van der Waals surface area contributed by atoms with E-state index in [1.165, 1.54) is 36.7 Å². The van der Waals surface area contributed by atoms with Gasteiger partial charge < -0.3 is 4.90 Å². The lowest BCUT2D eigenvalue weighted by Gasteiger charge is -2.27. The first-order valence-electron chi connectivity index (χ1n) is 11.4. The number of nitrogens with zero attached hydrogens (tertiary/aromatic N) is 3. The van der Waals surface area contributed by atoms with Crippen molar-refractivity contribution in [2.24, 2.45) is 0 Å². The summed E-state index contributed by atoms with van der Waals surface area (Å²) < 4.78 is 41.7. The van der Waals surface area contributed by atoms with Gasteiger partial charge in [-0.3, -0.25) is 9.36 Å². The minimum atomic E-state index is -4.39. The molecule has 4 nitrogen and oxygen atoms in total. The molecule has 0 aliphatic carbocycles. The zero-order chi connectivity index (χ0) is 23.7. The molecule has 1 fully saturated rings. The summed E-state index contributed by atoms with van der Waals surface area (Å²) >= 11 is 1.40. The first-order chi connectivity index (χ1) is 16.4. The third kappa shape index (κ3) is 4.65. The van der Waals surface area contributed by atoms with Crippen molar-refractivity contribution in [3.63, 3.8) is 0 Å². The molecule has 2 aromatic carbocycles. The third-order valence-electron chi connectivity index (χ3n) is 6.32. The second-order valence-electron chi connectivity index (χ2n) is 8.59. The Kier molecular flexibility index (Phi) is 6.27. The second kappa shape index (κ2) is 9.35. The van der Waals surface area contributed by atoms with Crippen LogP contribution in [-0.4, -0.2) is 34.1 Å². The van der Waals surface area contributed by atoms with E-state index in [0.29, 0.717) is 33.7 Å². The molecule has 0 N–H and O–H groups in total. The summed E-state index contributed by atoms with van der Waals surface area (Å²) in [6, 6.07) is 14.4. The minimum absolute atomic E-state index is 0.0473. The van der Waals surface area contributed by atoms with Crippen LogP contribution in [0.5, 0.6) is 0 Å². The number of thiophene rings is 1. The number of hydrogen-bond donors (Lipinski definition) is 0. The highest BCUT2D eigenvalue weighted by Crippen LogP contribution is 2.33. The Bertz CT molecular complexity index is 1350. The van der Waals surface area contributed by atoms with Gasteiger partial charge in [0, 0.05) is 18.7 Å². The Hall–Kier alpha value is -2.97. The predicted molar refractivity (Wildman–Crippen MR) is 130 cm³/mol. The van der Waals surface area contributed by atoms with Crippen LogP contribution in [0.3, 0.4) is 0 Å². The number of rotatable bonds is 5. The van der Waals surface area contributed by atoms with Gasteiger partial charge >= 0.3 is 6.18 Å². The molecule has 4 aromatic rings. The number of hydrogen-bond acceptors (Lipinski definition) is 4. The molecule has 1 saturated heterocycles. The first kappa shape index (κ1) is 22.8. The molecule has 0 spiro atoms. The molecule has 1 aliphatic heterocycles. The molecule has 2 aromatic heterocycles. The molecule has 5 rings (SSSR count). The molecule has 3 heterocycles. The quantitative estimate of drug-likeness (QED) is 0.335. The highest BCUT2D eigenvalue weighted by molar-refractivity contribution is 7.17. The van der Waals surface area contributed by atoms with Crippen molar-refractivity contribution in [3.8, 4) is 22.5 Å². The van der Waals surface area contributed by atoms with Crippen LogP contribution in [-0.2, 0) is 12.7 Å². The van der Waals surface area contributed by atoms with E-state index < -0.39 is 11.7 Å². The molecule has 176 valence electrons. The van der Waals surface area contributed by atoms with Crippen molar-refractivity contribution in [3.05, 3.63) is 75.9 Å². The van der Waals surface area contributed by atoms with E-state index in [2.05, 4.69) is 4.90 Å². The molecule has 0 atom stereocenters. The van der Waals surface area contributed by atoms with Gasteiger partial charge in [0.05, 0.1) is 11.1 Å². The van der Waals surface area contributed by atoms with E-state index in [-0.39, 0.29) is 5.56 Å². The predicted octanol–water partition coefficient (Wildman–Crippen LogP) is 6.30. The smallest absolute Gasteiger partial charge is 0.302 e. The van der Waals surface area contributed by atoms with Gasteiger partial charge in [0.1, 0.15) is 10.5 Å². The van der Waals surface area contributed by atoms with E-state index in [1.54, 1.807) is 22.8 Å². The van der Waals surface area contributed by atoms with Gasteiger partial charge in [0.15, 0.2) is 0 Å². The fourth-order valence-corrected chi connectivity index (χ4v) is 5.26. The SMILES string of the molecule is O=c1c2sccc2nc(-c2ccc(-c3cccc(C(F)(F)F)c3)cc2)n1CCN1CCCCC1. The van der Waals surface area contributed by atoms with Crippen molar-refractivity contribution in [1.29, 1.82) is 0 Å². The average molecular weight is 484 g/mol. The highest BCUT2D eigenvalue weighted by Gasteiger charge is 2.30. The molecular formula is C26H24F3N3OS. The third-order valence-corrected chi connectivity index (χ3v) is 7.21. The normalized spacial score (nSPS) is 15.1. The summed E-state index contributed by atoms with van der Waals surface area (Å²) in [5.74, 6) is 0.587. The molecular weight excluding hydrogens is 459 g/mol. The largest absolute Gasteiger partial charge is 0.416 e. The lowest BCUT2D eigenvalue weighted by Crippen LogP contribution is -2.35. The molecule has 0 bridgehead atoms. The zero-order valence-corrected chi connectivity index (χ0v) is 19.3. The van der Waals surface area contributed by atoms with Crippen LogP contribution in [0, 0.1) is 0 Å². The maximum Gasteiger partial charge on any atom is 0.416 e. The van der Waals surface area contributed by atoms with E-state index in [9.17, 15) is 18.0 Å². The number of halogens is 3. The van der Waals surface area contributed by atoms with Crippen molar-refractivity contribution in [2.75, 3.05) is 19.6 Å². The topological polar surface area (TPSA) is 38.1 Å². The molecule has 1 aliphatic rings. The van der Waals surface area contributed by atoms with Gasteiger partial charge in [-0.05, 0) is 60.6 Å². The van der Waals surface area contributed by atoms with E-state index in [4.69, 9.17) is 4.98 Å². The maximum absolute atomic E-state index is 13.3. The summed E-state index contributed by atoms with van der Waals surface area (Å²) in [7, 11) is 0. The van der Waals surface area contributed by atoms with E-state index in [0.717, 1.165) is 37.3 Å². The number of likely N-dealkylation sites (tertiary alicyclic amines) is 1. The summed E-state index contributed by atoms with van der Waals surface area (Å²) in [6.45, 7) is 3.42. The Morgan fingerprint density at radius 1 is 0.882 bits per heavy atom. The van der Waals surface area contributed by atoms with Crippen LogP contribution < -0.4 is 5.56 Å². The fourth-order valence-electron chi connectivity index (χ4n) is 4.48. The van der Waals surface area contributed by atoms with Gasteiger partial charge in [0.2, 0.25) is 0 Å². The Morgan fingerprint density at radius 2 is 1.62 bits per heavy atom. The zero-order valence-electron chi connectivity index (χ0n) is 18.5. The number of aromatic nitrogens is 2. The molecule has 8 heteroatoms. The van der Waals surface area contributed by atoms with E-state index in [1.807, 2.05) is 23.6 Å². The molecule has 0 radical (unpaired) electrons. The Morgan fingerprint density at radius 3 is 2.35 bits per heavy atom. The molecule has 0 amide bonds. The second-order valence-corrected chi connectivity index (χ2v) is 9.50. The van der Waals surface area contributed by atoms with Gasteiger partial charge in [-0.2, -0.15) is 13.2 Å². The summed E-state index contributed by atoms with van der Waals surface area (Å²) in [5.41, 5.74) is 1.87. The van der Waals surface area contributed by atoms with Crippen LogP contribution in [0.4, 0.5) is 13.2 Å². The van der Waals surface area contributed by atoms with Crippen molar-refractivity contribution >= 4 is 21.6 Å². The lowest BCUT2D eigenvalue weighted by molar-refractivity contribution is -0.137. The summed E-state index contributed by atoms with van der Waals surface area (Å²) in [5, 5.41) is 1.87. The van der Waals surface area contributed by atoms with Gasteiger partial charge in [-0.1, -0.05) is 42.8 Å². The molecule has 0 unspecified atom stereocenters. The number of alkyl halides is 3.